The van der Waals surface area contributed by atoms with Gasteiger partial charge in [-0.3, -0.25) is 9.59 Å². The minimum atomic E-state index is -0.603. The highest BCUT2D eigenvalue weighted by Crippen LogP contribution is 2.23. The maximum atomic E-state index is 13.0. The Hall–Kier alpha value is -2.53. The maximum absolute atomic E-state index is 13.0. The third-order valence-electron chi connectivity index (χ3n) is 5.57. The molecule has 2 aromatic carbocycles. The lowest BCUT2D eigenvalue weighted by atomic mass is 9.86. The van der Waals surface area contributed by atoms with Crippen LogP contribution in [-0.2, 0) is 10.2 Å². The molecule has 0 radical (unpaired) electrons. The first-order valence-electron chi connectivity index (χ1n) is 10.8. The molecule has 0 bridgehead atoms. The van der Waals surface area contributed by atoms with E-state index in [0.29, 0.717) is 42.5 Å². The molecule has 1 heterocycles. The average Bonchev–Trinajstić information content (AvgIpc) is 3.00. The standard InChI is InChI=1S/C25H31ClN2O3/c1-18(31-22-12-10-21(26)11-13-22)23(29)27-14-5-15-28(17-16-27)24(30)19-6-8-20(9-7-19)25(2,3)4/h6-13,18H,5,14-17H2,1-4H3. The topological polar surface area (TPSA) is 49.9 Å². The molecule has 2 aromatic rings. The van der Waals surface area contributed by atoms with Crippen LogP contribution in [-0.4, -0.2) is 53.9 Å². The van der Waals surface area contributed by atoms with Gasteiger partial charge in [0, 0.05) is 36.8 Å². The van der Waals surface area contributed by atoms with Gasteiger partial charge in [-0.1, -0.05) is 44.5 Å². The second-order valence-electron chi connectivity index (χ2n) is 9.01. The molecular weight excluding hydrogens is 412 g/mol. The van der Waals surface area contributed by atoms with Crippen LogP contribution in [0.3, 0.4) is 0 Å². The van der Waals surface area contributed by atoms with Gasteiger partial charge in [-0.25, -0.2) is 0 Å². The molecule has 0 spiro atoms. The van der Waals surface area contributed by atoms with E-state index in [9.17, 15) is 9.59 Å². The Balaban J connectivity index is 1.58. The molecular formula is C25H31ClN2O3. The highest BCUT2D eigenvalue weighted by Gasteiger charge is 2.26. The summed E-state index contributed by atoms with van der Waals surface area (Å²) < 4.78 is 5.78. The number of hydrogen-bond donors (Lipinski definition) is 0. The number of hydrogen-bond acceptors (Lipinski definition) is 3. The van der Waals surface area contributed by atoms with Crippen LogP contribution >= 0.6 is 11.6 Å². The van der Waals surface area contributed by atoms with Gasteiger partial charge in [0.05, 0.1) is 0 Å². The van der Waals surface area contributed by atoms with Crippen molar-refractivity contribution in [2.45, 2.75) is 45.6 Å². The van der Waals surface area contributed by atoms with Crippen molar-refractivity contribution >= 4 is 23.4 Å². The Morgan fingerprint density at radius 1 is 0.903 bits per heavy atom. The van der Waals surface area contributed by atoms with Gasteiger partial charge < -0.3 is 14.5 Å². The molecule has 0 aliphatic carbocycles. The molecule has 31 heavy (non-hydrogen) atoms. The number of carbonyl (C=O) groups is 2. The molecule has 1 unspecified atom stereocenters. The van der Waals surface area contributed by atoms with Crippen molar-refractivity contribution in [2.24, 2.45) is 0 Å². The van der Waals surface area contributed by atoms with Crippen molar-refractivity contribution in [3.8, 4) is 5.75 Å². The van der Waals surface area contributed by atoms with Crippen molar-refractivity contribution in [2.75, 3.05) is 26.2 Å². The van der Waals surface area contributed by atoms with Crippen LogP contribution in [0.25, 0.3) is 0 Å². The molecule has 0 saturated carbocycles. The fraction of sp³-hybridized carbons (Fsp3) is 0.440. The zero-order chi connectivity index (χ0) is 22.6. The van der Waals surface area contributed by atoms with Gasteiger partial charge in [0.2, 0.25) is 0 Å². The maximum Gasteiger partial charge on any atom is 0.263 e. The lowest BCUT2D eigenvalue weighted by Gasteiger charge is -2.25. The molecule has 1 aliphatic heterocycles. The van der Waals surface area contributed by atoms with Crippen LogP contribution in [0, 0.1) is 0 Å². The van der Waals surface area contributed by atoms with E-state index in [2.05, 4.69) is 20.8 Å². The van der Waals surface area contributed by atoms with E-state index in [1.807, 2.05) is 29.2 Å². The van der Waals surface area contributed by atoms with Crippen molar-refractivity contribution in [3.05, 3.63) is 64.7 Å². The molecule has 1 fully saturated rings. The summed E-state index contributed by atoms with van der Waals surface area (Å²) >= 11 is 5.90. The lowest BCUT2D eigenvalue weighted by molar-refractivity contribution is -0.137. The molecule has 6 heteroatoms. The van der Waals surface area contributed by atoms with Crippen LogP contribution < -0.4 is 4.74 Å². The predicted octanol–water partition coefficient (Wildman–Crippen LogP) is 4.78. The largest absolute Gasteiger partial charge is 0.481 e. The smallest absolute Gasteiger partial charge is 0.263 e. The van der Waals surface area contributed by atoms with Crippen LogP contribution in [0.1, 0.15) is 50.0 Å². The summed E-state index contributed by atoms with van der Waals surface area (Å²) in [6.45, 7) is 10.5. The first-order chi connectivity index (χ1) is 14.6. The lowest BCUT2D eigenvalue weighted by Crippen LogP contribution is -2.43. The average molecular weight is 443 g/mol. The normalized spacial score (nSPS) is 15.9. The minimum Gasteiger partial charge on any atom is -0.481 e. The fourth-order valence-corrected chi connectivity index (χ4v) is 3.79. The number of amides is 2. The Labute approximate surface area is 189 Å². The van der Waals surface area contributed by atoms with Gasteiger partial charge in [0.25, 0.3) is 11.8 Å². The molecule has 5 nitrogen and oxygen atoms in total. The van der Waals surface area contributed by atoms with Crippen LogP contribution in [0.2, 0.25) is 5.02 Å². The molecule has 3 rings (SSSR count). The summed E-state index contributed by atoms with van der Waals surface area (Å²) in [6, 6.07) is 14.8. The number of halogens is 1. The van der Waals surface area contributed by atoms with Gasteiger partial charge in [-0.05, 0) is 60.7 Å². The van der Waals surface area contributed by atoms with E-state index in [0.717, 1.165) is 6.42 Å². The Morgan fingerprint density at radius 3 is 2.10 bits per heavy atom. The second kappa shape index (κ2) is 9.73. The highest BCUT2D eigenvalue weighted by molar-refractivity contribution is 6.30. The van der Waals surface area contributed by atoms with Gasteiger partial charge >= 0.3 is 0 Å². The van der Waals surface area contributed by atoms with Gasteiger partial charge in [0.1, 0.15) is 5.75 Å². The van der Waals surface area contributed by atoms with Crippen LogP contribution in [0.4, 0.5) is 0 Å². The molecule has 0 aromatic heterocycles. The number of benzene rings is 2. The second-order valence-corrected chi connectivity index (χ2v) is 9.45. The van der Waals surface area contributed by atoms with Crippen molar-refractivity contribution in [1.29, 1.82) is 0 Å². The van der Waals surface area contributed by atoms with Crippen molar-refractivity contribution < 1.29 is 14.3 Å². The zero-order valence-electron chi connectivity index (χ0n) is 18.7. The molecule has 166 valence electrons. The molecule has 1 saturated heterocycles. The number of rotatable bonds is 4. The van der Waals surface area contributed by atoms with E-state index in [4.69, 9.17) is 16.3 Å². The molecule has 2 amide bonds. The first kappa shape index (κ1) is 23.1. The minimum absolute atomic E-state index is 0.0141. The summed E-state index contributed by atoms with van der Waals surface area (Å²) in [5.74, 6) is 0.551. The zero-order valence-corrected chi connectivity index (χ0v) is 19.5. The quantitative estimate of drug-likeness (QED) is 0.684. The summed E-state index contributed by atoms with van der Waals surface area (Å²) in [4.78, 5) is 29.5. The number of nitrogens with zero attached hydrogens (tertiary/aromatic N) is 2. The van der Waals surface area contributed by atoms with Crippen molar-refractivity contribution in [1.82, 2.24) is 9.80 Å². The van der Waals surface area contributed by atoms with Gasteiger partial charge in [-0.2, -0.15) is 0 Å². The van der Waals surface area contributed by atoms with E-state index >= 15 is 0 Å². The van der Waals surface area contributed by atoms with Gasteiger partial charge in [0.15, 0.2) is 6.10 Å². The third kappa shape index (κ3) is 6.01. The summed E-state index contributed by atoms with van der Waals surface area (Å²) in [5, 5.41) is 0.622. The SMILES string of the molecule is CC(Oc1ccc(Cl)cc1)C(=O)N1CCCN(C(=O)c2ccc(C(C)(C)C)cc2)CC1. The van der Waals surface area contributed by atoms with E-state index in [1.54, 1.807) is 36.1 Å². The van der Waals surface area contributed by atoms with Crippen LogP contribution in [0.15, 0.2) is 48.5 Å². The number of ether oxygens (including phenoxy) is 1. The van der Waals surface area contributed by atoms with E-state index in [-0.39, 0.29) is 17.2 Å². The monoisotopic (exact) mass is 442 g/mol. The van der Waals surface area contributed by atoms with Crippen LogP contribution in [0.5, 0.6) is 5.75 Å². The summed E-state index contributed by atoms with van der Waals surface area (Å²) in [6.07, 6.45) is 0.138. The highest BCUT2D eigenvalue weighted by atomic mass is 35.5. The third-order valence-corrected chi connectivity index (χ3v) is 5.82. The Bertz CT molecular complexity index is 904. The fourth-order valence-electron chi connectivity index (χ4n) is 3.66. The van der Waals surface area contributed by atoms with Crippen molar-refractivity contribution in [3.63, 3.8) is 0 Å². The molecule has 1 atom stereocenters. The van der Waals surface area contributed by atoms with Gasteiger partial charge in [-0.15, -0.1) is 0 Å². The first-order valence-corrected chi connectivity index (χ1v) is 11.1. The summed E-state index contributed by atoms with van der Waals surface area (Å²) in [5.41, 5.74) is 1.94. The number of carbonyl (C=O) groups excluding carboxylic acids is 2. The Kier molecular flexibility index (Phi) is 7.26. The molecule has 1 aliphatic rings. The van der Waals surface area contributed by atoms with E-state index in [1.165, 1.54) is 5.56 Å². The molecule has 0 N–H and O–H groups in total. The predicted molar refractivity (Wildman–Crippen MR) is 124 cm³/mol. The van der Waals surface area contributed by atoms with E-state index < -0.39 is 6.10 Å². The summed E-state index contributed by atoms with van der Waals surface area (Å²) in [7, 11) is 0. The Morgan fingerprint density at radius 2 is 1.48 bits per heavy atom.